The Labute approximate surface area is 99.6 Å². The van der Waals surface area contributed by atoms with Crippen LogP contribution >= 0.6 is 0 Å². The summed E-state index contributed by atoms with van der Waals surface area (Å²) in [5, 5.41) is 6.74. The summed E-state index contributed by atoms with van der Waals surface area (Å²) >= 11 is 0. The van der Waals surface area contributed by atoms with Crippen LogP contribution in [-0.4, -0.2) is 45.6 Å². The maximum Gasteiger partial charge on any atom is 0.257 e. The zero-order chi connectivity index (χ0) is 12.4. The van der Waals surface area contributed by atoms with Crippen LogP contribution < -0.4 is 5.32 Å². The third-order valence-corrected chi connectivity index (χ3v) is 2.93. The molecule has 1 aromatic rings. The largest absolute Gasteiger partial charge is 0.353 e. The van der Waals surface area contributed by atoms with Crippen molar-refractivity contribution in [2.75, 3.05) is 13.1 Å². The molecule has 0 saturated carbocycles. The number of nitrogens with one attached hydrogen (secondary N) is 1. The van der Waals surface area contributed by atoms with Crippen LogP contribution in [0.2, 0.25) is 0 Å². The van der Waals surface area contributed by atoms with E-state index in [-0.39, 0.29) is 17.9 Å². The van der Waals surface area contributed by atoms with Gasteiger partial charge in [0.1, 0.15) is 6.04 Å². The first kappa shape index (κ1) is 11.6. The molecule has 1 aliphatic rings. The Morgan fingerprint density at radius 1 is 1.65 bits per heavy atom. The van der Waals surface area contributed by atoms with Gasteiger partial charge >= 0.3 is 0 Å². The van der Waals surface area contributed by atoms with E-state index in [0.29, 0.717) is 25.1 Å². The minimum atomic E-state index is -0.364. The second-order valence-electron chi connectivity index (χ2n) is 4.12. The maximum absolute atomic E-state index is 12.2. The highest BCUT2D eigenvalue weighted by Crippen LogP contribution is 2.13. The molecular weight excluding hydrogens is 220 g/mol. The highest BCUT2D eigenvalue weighted by Gasteiger charge is 2.32. The molecule has 0 radical (unpaired) electrons. The first-order valence-electron chi connectivity index (χ1n) is 5.70. The van der Waals surface area contributed by atoms with Crippen molar-refractivity contribution in [1.29, 1.82) is 0 Å². The van der Waals surface area contributed by atoms with E-state index in [1.165, 1.54) is 6.20 Å². The molecule has 1 saturated heterocycles. The lowest BCUT2D eigenvalue weighted by molar-refractivity contribution is -0.127. The number of carbonyl (C=O) groups is 2. The first-order valence-corrected chi connectivity index (χ1v) is 5.70. The summed E-state index contributed by atoms with van der Waals surface area (Å²) < 4.78 is 1.58. The predicted octanol–water partition coefficient (Wildman–Crippen LogP) is -0.229. The first-order chi connectivity index (χ1) is 8.13. The molecule has 1 unspecified atom stereocenters. The van der Waals surface area contributed by atoms with E-state index >= 15 is 0 Å². The summed E-state index contributed by atoms with van der Waals surface area (Å²) in [6.07, 6.45) is 3.82. The van der Waals surface area contributed by atoms with E-state index < -0.39 is 0 Å². The van der Waals surface area contributed by atoms with Crippen molar-refractivity contribution >= 4 is 11.8 Å². The lowest BCUT2D eigenvalue weighted by Gasteiger charge is -2.34. The van der Waals surface area contributed by atoms with Crippen LogP contribution in [0.15, 0.2) is 12.4 Å². The standard InChI is InChI=1S/C11H16N4O2/c1-3-9-10(16)12-4-5-15(9)11(17)8-6-13-14(2)7-8/h6-7,9H,3-5H2,1-2H3,(H,12,16). The monoisotopic (exact) mass is 236 g/mol. The Balaban J connectivity index is 2.20. The molecule has 0 aliphatic carbocycles. The van der Waals surface area contributed by atoms with Crippen LogP contribution in [0, 0.1) is 0 Å². The highest BCUT2D eigenvalue weighted by atomic mass is 16.2. The number of carbonyl (C=O) groups excluding carboxylic acids is 2. The zero-order valence-corrected chi connectivity index (χ0v) is 10.0. The number of hydrogen-bond acceptors (Lipinski definition) is 3. The molecule has 1 N–H and O–H groups in total. The molecule has 2 heterocycles. The number of amides is 2. The van der Waals surface area contributed by atoms with Crippen molar-refractivity contribution in [2.24, 2.45) is 7.05 Å². The number of hydrogen-bond donors (Lipinski definition) is 1. The van der Waals surface area contributed by atoms with Crippen LogP contribution in [0.5, 0.6) is 0 Å². The fraction of sp³-hybridized carbons (Fsp3) is 0.545. The van der Waals surface area contributed by atoms with Crippen molar-refractivity contribution in [3.05, 3.63) is 18.0 Å². The molecule has 1 aromatic heterocycles. The minimum absolute atomic E-state index is 0.0732. The van der Waals surface area contributed by atoms with Crippen molar-refractivity contribution in [3.8, 4) is 0 Å². The molecule has 0 aromatic carbocycles. The van der Waals surface area contributed by atoms with E-state index in [1.807, 2.05) is 6.92 Å². The van der Waals surface area contributed by atoms with Crippen LogP contribution in [0.3, 0.4) is 0 Å². The number of aryl methyl sites for hydroxylation is 1. The van der Waals surface area contributed by atoms with E-state index in [9.17, 15) is 9.59 Å². The smallest absolute Gasteiger partial charge is 0.257 e. The van der Waals surface area contributed by atoms with Crippen LogP contribution in [-0.2, 0) is 11.8 Å². The lowest BCUT2D eigenvalue weighted by Crippen LogP contribution is -2.56. The van der Waals surface area contributed by atoms with Gasteiger partial charge in [0.15, 0.2) is 0 Å². The normalized spacial score (nSPS) is 20.2. The van der Waals surface area contributed by atoms with Gasteiger partial charge in [-0.15, -0.1) is 0 Å². The number of rotatable bonds is 2. The molecule has 1 aliphatic heterocycles. The van der Waals surface area contributed by atoms with Gasteiger partial charge in [0.05, 0.1) is 11.8 Å². The van der Waals surface area contributed by atoms with Gasteiger partial charge < -0.3 is 10.2 Å². The SMILES string of the molecule is CCC1C(=O)NCCN1C(=O)c1cnn(C)c1. The second kappa shape index (κ2) is 4.57. The summed E-state index contributed by atoms with van der Waals surface area (Å²) in [4.78, 5) is 25.5. The van der Waals surface area contributed by atoms with Gasteiger partial charge in [-0.05, 0) is 6.42 Å². The Morgan fingerprint density at radius 3 is 3.00 bits per heavy atom. The average molecular weight is 236 g/mol. The van der Waals surface area contributed by atoms with E-state index in [1.54, 1.807) is 22.8 Å². The van der Waals surface area contributed by atoms with Crippen LogP contribution in [0.4, 0.5) is 0 Å². The summed E-state index contributed by atoms with van der Waals surface area (Å²) in [7, 11) is 1.76. The quantitative estimate of drug-likeness (QED) is 0.771. The number of aromatic nitrogens is 2. The zero-order valence-electron chi connectivity index (χ0n) is 10.0. The summed E-state index contributed by atoms with van der Waals surface area (Å²) in [6.45, 7) is 2.97. The van der Waals surface area contributed by atoms with Crippen molar-refractivity contribution in [2.45, 2.75) is 19.4 Å². The molecular formula is C11H16N4O2. The van der Waals surface area contributed by atoms with Gasteiger partial charge in [-0.2, -0.15) is 5.10 Å². The van der Waals surface area contributed by atoms with Gasteiger partial charge in [0.2, 0.25) is 5.91 Å². The maximum atomic E-state index is 12.2. The van der Waals surface area contributed by atoms with Crippen LogP contribution in [0.25, 0.3) is 0 Å². The van der Waals surface area contributed by atoms with Crippen molar-refractivity contribution < 1.29 is 9.59 Å². The third-order valence-electron chi connectivity index (χ3n) is 2.93. The Morgan fingerprint density at radius 2 is 2.41 bits per heavy atom. The Kier molecular flexibility index (Phi) is 3.12. The fourth-order valence-electron chi connectivity index (χ4n) is 2.06. The molecule has 2 rings (SSSR count). The minimum Gasteiger partial charge on any atom is -0.353 e. The van der Waals surface area contributed by atoms with Gasteiger partial charge in [0.25, 0.3) is 5.91 Å². The summed E-state index contributed by atoms with van der Waals surface area (Å²) in [5.74, 6) is -0.198. The molecule has 1 fully saturated rings. The molecule has 2 amide bonds. The van der Waals surface area contributed by atoms with Crippen molar-refractivity contribution in [3.63, 3.8) is 0 Å². The van der Waals surface area contributed by atoms with Crippen molar-refractivity contribution in [1.82, 2.24) is 20.0 Å². The summed E-state index contributed by atoms with van der Waals surface area (Å²) in [6, 6.07) is -0.364. The summed E-state index contributed by atoms with van der Waals surface area (Å²) in [5.41, 5.74) is 0.528. The van der Waals surface area contributed by atoms with E-state index in [4.69, 9.17) is 0 Å². The van der Waals surface area contributed by atoms with Crippen LogP contribution in [0.1, 0.15) is 23.7 Å². The molecule has 0 spiro atoms. The fourth-order valence-corrected chi connectivity index (χ4v) is 2.06. The van der Waals surface area contributed by atoms with Gasteiger partial charge in [-0.25, -0.2) is 0 Å². The molecule has 0 bridgehead atoms. The number of nitrogens with zero attached hydrogens (tertiary/aromatic N) is 3. The average Bonchev–Trinajstić information content (AvgIpc) is 2.74. The van der Waals surface area contributed by atoms with Gasteiger partial charge in [0, 0.05) is 26.3 Å². The third kappa shape index (κ3) is 2.15. The second-order valence-corrected chi connectivity index (χ2v) is 4.12. The molecule has 1 atom stereocenters. The van der Waals surface area contributed by atoms with Gasteiger partial charge in [-0.1, -0.05) is 6.92 Å². The van der Waals surface area contributed by atoms with E-state index in [2.05, 4.69) is 10.4 Å². The van der Waals surface area contributed by atoms with E-state index in [0.717, 1.165) is 0 Å². The molecule has 6 nitrogen and oxygen atoms in total. The van der Waals surface area contributed by atoms with Gasteiger partial charge in [-0.3, -0.25) is 14.3 Å². The lowest BCUT2D eigenvalue weighted by atomic mass is 10.1. The Hall–Kier alpha value is -1.85. The number of piperazine rings is 1. The Bertz CT molecular complexity index is 440. The molecule has 17 heavy (non-hydrogen) atoms. The molecule has 92 valence electrons. The topological polar surface area (TPSA) is 67.2 Å². The predicted molar refractivity (Wildman–Crippen MR) is 61.3 cm³/mol. The molecule has 6 heteroatoms. The highest BCUT2D eigenvalue weighted by molar-refractivity contribution is 5.97.